The van der Waals surface area contributed by atoms with Crippen LogP contribution >= 0.6 is 0 Å². The average Bonchev–Trinajstić information content (AvgIpc) is 2.75. The van der Waals surface area contributed by atoms with Gasteiger partial charge in [-0.25, -0.2) is 0 Å². The number of carboxylic acid groups (broad SMARTS) is 1. The molecule has 1 atom stereocenters. The lowest BCUT2D eigenvalue weighted by Gasteiger charge is -2.56. The molecule has 0 aromatic carbocycles. The molecular formula is C15H21NO3. The van der Waals surface area contributed by atoms with Crippen molar-refractivity contribution in [3.63, 3.8) is 0 Å². The van der Waals surface area contributed by atoms with Crippen molar-refractivity contribution in [2.75, 3.05) is 0 Å². The Morgan fingerprint density at radius 3 is 2.32 bits per heavy atom. The Morgan fingerprint density at radius 2 is 1.79 bits per heavy atom. The minimum Gasteiger partial charge on any atom is -0.481 e. The van der Waals surface area contributed by atoms with Crippen molar-refractivity contribution in [3.8, 4) is 0 Å². The van der Waals surface area contributed by atoms with E-state index in [-0.39, 0.29) is 17.9 Å². The van der Waals surface area contributed by atoms with Gasteiger partial charge in [-0.1, -0.05) is 5.16 Å². The van der Waals surface area contributed by atoms with Crippen LogP contribution in [0.25, 0.3) is 0 Å². The summed E-state index contributed by atoms with van der Waals surface area (Å²) in [4.78, 5) is 16.2. The Bertz CT molecular complexity index is 407. The third kappa shape index (κ3) is 1.87. The Balaban J connectivity index is 1.52. The van der Waals surface area contributed by atoms with Crippen molar-refractivity contribution >= 4 is 11.7 Å². The molecule has 1 aliphatic heterocycles. The van der Waals surface area contributed by atoms with Gasteiger partial charge in [0.1, 0.15) is 6.10 Å². The molecule has 0 spiro atoms. The summed E-state index contributed by atoms with van der Waals surface area (Å²) in [5.74, 6) is 1.90. The summed E-state index contributed by atoms with van der Waals surface area (Å²) in [6.45, 7) is 0. The smallest absolute Gasteiger partial charge is 0.307 e. The molecule has 0 amide bonds. The molecule has 104 valence electrons. The zero-order valence-corrected chi connectivity index (χ0v) is 11.2. The molecule has 0 aromatic rings. The molecule has 4 heteroatoms. The Hall–Kier alpha value is -1.06. The molecule has 1 N–H and O–H groups in total. The molecule has 1 heterocycles. The molecule has 4 bridgehead atoms. The molecule has 4 fully saturated rings. The topological polar surface area (TPSA) is 58.9 Å². The number of rotatable bonds is 3. The van der Waals surface area contributed by atoms with Gasteiger partial charge in [-0.05, 0) is 56.3 Å². The standard InChI is InChI=1S/C15H21NO3/c17-14(18)5-12-4-13(16-19-12)15-6-9-1-10(7-15)3-11(2-9)8-15/h9-12H,1-8H2,(H,17,18). The second-order valence-electron chi connectivity index (χ2n) is 7.27. The summed E-state index contributed by atoms with van der Waals surface area (Å²) in [5.41, 5.74) is 1.47. The monoisotopic (exact) mass is 263 g/mol. The van der Waals surface area contributed by atoms with E-state index in [4.69, 9.17) is 9.94 Å². The zero-order chi connectivity index (χ0) is 13.0. The molecule has 0 aromatic heterocycles. The van der Waals surface area contributed by atoms with E-state index in [0.717, 1.165) is 24.2 Å². The minimum absolute atomic E-state index is 0.0827. The van der Waals surface area contributed by atoms with Crippen molar-refractivity contribution in [1.29, 1.82) is 0 Å². The van der Waals surface area contributed by atoms with Crippen LogP contribution in [0.4, 0.5) is 0 Å². The Kier molecular flexibility index (Phi) is 2.45. The van der Waals surface area contributed by atoms with Crippen molar-refractivity contribution in [2.45, 2.75) is 57.5 Å². The van der Waals surface area contributed by atoms with Crippen LogP contribution < -0.4 is 0 Å². The van der Waals surface area contributed by atoms with Gasteiger partial charge in [0.2, 0.25) is 0 Å². The third-order valence-electron chi connectivity index (χ3n) is 5.79. The van der Waals surface area contributed by atoms with Crippen molar-refractivity contribution < 1.29 is 14.7 Å². The van der Waals surface area contributed by atoms with Crippen LogP contribution in [0, 0.1) is 23.2 Å². The van der Waals surface area contributed by atoms with Crippen LogP contribution in [0.1, 0.15) is 51.4 Å². The van der Waals surface area contributed by atoms with Crippen LogP contribution in [0.15, 0.2) is 5.16 Å². The molecule has 0 saturated heterocycles. The molecule has 19 heavy (non-hydrogen) atoms. The SMILES string of the molecule is O=C(O)CC1CC(C23CC4CC(CC(C4)C2)C3)=NO1. The fourth-order valence-corrected chi connectivity index (χ4v) is 5.51. The lowest BCUT2D eigenvalue weighted by molar-refractivity contribution is -0.139. The van der Waals surface area contributed by atoms with E-state index in [1.165, 1.54) is 44.2 Å². The van der Waals surface area contributed by atoms with Crippen LogP contribution in [0.3, 0.4) is 0 Å². The minimum atomic E-state index is -0.785. The van der Waals surface area contributed by atoms with Crippen LogP contribution in [-0.4, -0.2) is 22.9 Å². The number of carboxylic acids is 1. The van der Waals surface area contributed by atoms with E-state index in [1.807, 2.05) is 0 Å². The average molecular weight is 263 g/mol. The summed E-state index contributed by atoms with van der Waals surface area (Å²) in [6.07, 6.45) is 8.71. The van der Waals surface area contributed by atoms with Gasteiger partial charge in [0.25, 0.3) is 0 Å². The highest BCUT2D eigenvalue weighted by molar-refractivity contribution is 5.92. The number of nitrogens with zero attached hydrogens (tertiary/aromatic N) is 1. The number of aliphatic carboxylic acids is 1. The summed E-state index contributed by atoms with van der Waals surface area (Å²) in [6, 6.07) is 0. The second-order valence-corrected chi connectivity index (χ2v) is 7.27. The lowest BCUT2D eigenvalue weighted by Crippen LogP contribution is -2.49. The van der Waals surface area contributed by atoms with E-state index in [1.54, 1.807) is 0 Å². The van der Waals surface area contributed by atoms with E-state index < -0.39 is 5.97 Å². The molecule has 4 nitrogen and oxygen atoms in total. The fraction of sp³-hybridized carbons (Fsp3) is 0.867. The maximum absolute atomic E-state index is 10.8. The van der Waals surface area contributed by atoms with Gasteiger partial charge in [-0.15, -0.1) is 0 Å². The van der Waals surface area contributed by atoms with Crippen LogP contribution in [0.5, 0.6) is 0 Å². The van der Waals surface area contributed by atoms with Gasteiger partial charge in [0.05, 0.1) is 12.1 Å². The Labute approximate surface area is 113 Å². The maximum Gasteiger partial charge on any atom is 0.307 e. The molecule has 0 radical (unpaired) electrons. The van der Waals surface area contributed by atoms with E-state index in [9.17, 15) is 4.79 Å². The highest BCUT2D eigenvalue weighted by Crippen LogP contribution is 2.61. The predicted molar refractivity (Wildman–Crippen MR) is 69.8 cm³/mol. The van der Waals surface area contributed by atoms with Gasteiger partial charge in [-0.2, -0.15) is 0 Å². The maximum atomic E-state index is 10.8. The zero-order valence-electron chi connectivity index (χ0n) is 11.2. The van der Waals surface area contributed by atoms with Crippen molar-refractivity contribution in [2.24, 2.45) is 28.3 Å². The quantitative estimate of drug-likeness (QED) is 0.851. The number of carbonyl (C=O) groups is 1. The summed E-state index contributed by atoms with van der Waals surface area (Å²) in [7, 11) is 0. The van der Waals surface area contributed by atoms with E-state index in [0.29, 0.717) is 0 Å². The van der Waals surface area contributed by atoms with E-state index >= 15 is 0 Å². The Morgan fingerprint density at radius 1 is 1.21 bits per heavy atom. The van der Waals surface area contributed by atoms with Gasteiger partial charge < -0.3 is 9.94 Å². The van der Waals surface area contributed by atoms with Crippen molar-refractivity contribution in [3.05, 3.63) is 0 Å². The fourth-order valence-electron chi connectivity index (χ4n) is 5.51. The van der Waals surface area contributed by atoms with Crippen LogP contribution in [0.2, 0.25) is 0 Å². The van der Waals surface area contributed by atoms with Gasteiger partial charge in [0.15, 0.2) is 0 Å². The third-order valence-corrected chi connectivity index (χ3v) is 5.79. The van der Waals surface area contributed by atoms with Gasteiger partial charge in [0, 0.05) is 11.8 Å². The second kappa shape index (κ2) is 3.97. The predicted octanol–water partition coefficient (Wildman–Crippen LogP) is 2.82. The molecule has 4 saturated carbocycles. The molecule has 5 rings (SSSR count). The first-order valence-corrected chi connectivity index (χ1v) is 7.58. The first-order chi connectivity index (χ1) is 9.13. The lowest BCUT2D eigenvalue weighted by atomic mass is 9.48. The van der Waals surface area contributed by atoms with Crippen molar-refractivity contribution in [1.82, 2.24) is 0 Å². The summed E-state index contributed by atoms with van der Waals surface area (Å²) >= 11 is 0. The number of hydrogen-bond donors (Lipinski definition) is 1. The molecule has 5 aliphatic rings. The van der Waals surface area contributed by atoms with E-state index in [2.05, 4.69) is 5.16 Å². The first-order valence-electron chi connectivity index (χ1n) is 7.58. The normalized spacial score (nSPS) is 47.1. The summed E-state index contributed by atoms with van der Waals surface area (Å²) < 4.78 is 0. The molecular weight excluding hydrogens is 242 g/mol. The summed E-state index contributed by atoms with van der Waals surface area (Å²) in [5, 5.41) is 13.2. The van der Waals surface area contributed by atoms with Gasteiger partial charge in [-0.3, -0.25) is 4.79 Å². The number of hydrogen-bond acceptors (Lipinski definition) is 3. The molecule has 1 unspecified atom stereocenters. The highest BCUT2D eigenvalue weighted by Gasteiger charge is 2.54. The van der Waals surface area contributed by atoms with Crippen LogP contribution in [-0.2, 0) is 9.63 Å². The van der Waals surface area contributed by atoms with Gasteiger partial charge >= 0.3 is 5.97 Å². The number of oxime groups is 1. The molecule has 4 aliphatic carbocycles. The largest absolute Gasteiger partial charge is 0.481 e. The highest BCUT2D eigenvalue weighted by atomic mass is 16.6. The first kappa shape index (κ1) is 11.7.